The van der Waals surface area contributed by atoms with Crippen molar-refractivity contribution in [2.24, 2.45) is 0 Å². The molecule has 0 bridgehead atoms. The Hall–Kier alpha value is -1.62. The number of hydrogen-bond donors (Lipinski definition) is 1. The van der Waals surface area contributed by atoms with E-state index in [1.54, 1.807) is 0 Å². The second-order valence-corrected chi connectivity index (χ2v) is 6.19. The molecule has 1 aromatic heterocycles. The molecule has 2 saturated heterocycles. The second-order valence-electron chi connectivity index (χ2n) is 6.19. The number of hydrogen-bond acceptors (Lipinski definition) is 5. The summed E-state index contributed by atoms with van der Waals surface area (Å²) in [7, 11) is 0.905. The first-order chi connectivity index (χ1) is 13.0. The van der Waals surface area contributed by atoms with Gasteiger partial charge in [-0.1, -0.05) is 13.8 Å². The lowest BCUT2D eigenvalue weighted by atomic mass is 9.96. The van der Waals surface area contributed by atoms with Gasteiger partial charge in [0.05, 0.1) is 13.7 Å². The Morgan fingerprint density at radius 3 is 1.93 bits per heavy atom. The first-order valence-electron chi connectivity index (χ1n) is 8.95. The highest BCUT2D eigenvalue weighted by atomic mass is 19.4. The molecule has 2 aliphatic rings. The number of aliphatic hydroxyl groups excluding tert-OH is 1. The van der Waals surface area contributed by atoms with Gasteiger partial charge in [-0.3, -0.25) is 4.90 Å². The van der Waals surface area contributed by atoms with Crippen molar-refractivity contribution in [2.75, 3.05) is 26.8 Å². The lowest BCUT2D eigenvalue weighted by molar-refractivity contribution is -0.153. The number of nitrogens with zero attached hydrogens (tertiary/aromatic N) is 3. The van der Waals surface area contributed by atoms with E-state index in [0.29, 0.717) is 6.61 Å². The van der Waals surface area contributed by atoms with E-state index in [1.165, 1.54) is 38.8 Å². The van der Waals surface area contributed by atoms with Gasteiger partial charge >= 0.3 is 12.4 Å². The number of fused-ring (bicyclic) bond motifs is 1. The first kappa shape index (κ1) is 24.4. The van der Waals surface area contributed by atoms with Crippen molar-refractivity contribution in [3.05, 3.63) is 17.6 Å². The molecule has 0 saturated carbocycles. The summed E-state index contributed by atoms with van der Waals surface area (Å²) in [4.78, 5) is 7.63. The first-order valence-corrected chi connectivity index (χ1v) is 8.95. The lowest BCUT2D eigenvalue weighted by Crippen LogP contribution is -2.41. The highest BCUT2D eigenvalue weighted by molar-refractivity contribution is 5.19. The van der Waals surface area contributed by atoms with Crippen LogP contribution in [-0.2, 0) is 12.4 Å². The number of alkyl halides is 6. The predicted octanol–water partition coefficient (Wildman–Crippen LogP) is 4.16. The molecule has 1 aromatic rings. The van der Waals surface area contributed by atoms with Crippen molar-refractivity contribution in [2.45, 2.75) is 57.4 Å². The number of aromatic nitrogens is 2. The Morgan fingerprint density at radius 1 is 1.04 bits per heavy atom. The fraction of sp³-hybridized carbons (Fsp3) is 0.765. The quantitative estimate of drug-likeness (QED) is 0.733. The van der Waals surface area contributed by atoms with Crippen LogP contribution in [0.1, 0.15) is 51.0 Å². The zero-order valence-corrected chi connectivity index (χ0v) is 16.0. The van der Waals surface area contributed by atoms with E-state index in [0.717, 1.165) is 7.11 Å². The Balaban J connectivity index is 0.000000278. The minimum atomic E-state index is -5.06. The van der Waals surface area contributed by atoms with Gasteiger partial charge in [-0.05, 0) is 38.8 Å². The molecule has 5 nitrogen and oxygen atoms in total. The van der Waals surface area contributed by atoms with Crippen LogP contribution in [0.3, 0.4) is 0 Å². The summed E-state index contributed by atoms with van der Waals surface area (Å²) in [6, 6.07) is 0.287. The van der Waals surface area contributed by atoms with Crippen molar-refractivity contribution < 1.29 is 36.2 Å². The molecule has 162 valence electrons. The van der Waals surface area contributed by atoms with E-state index in [-0.39, 0.29) is 11.6 Å². The van der Waals surface area contributed by atoms with Gasteiger partial charge in [0.15, 0.2) is 5.69 Å². The van der Waals surface area contributed by atoms with Crippen molar-refractivity contribution in [1.29, 1.82) is 0 Å². The molecule has 0 atom stereocenters. The van der Waals surface area contributed by atoms with Crippen molar-refractivity contribution >= 4 is 0 Å². The number of halogens is 6. The molecule has 0 aromatic carbocycles. The molecule has 2 fully saturated rings. The van der Waals surface area contributed by atoms with Crippen LogP contribution in [0.5, 0.6) is 5.88 Å². The zero-order chi connectivity index (χ0) is 21.6. The smallest absolute Gasteiger partial charge is 0.451 e. The molecule has 0 unspecified atom stereocenters. The molecule has 2 aliphatic heterocycles. The summed E-state index contributed by atoms with van der Waals surface area (Å²) in [6.45, 7) is 6.83. The Kier molecular flexibility index (Phi) is 8.48. The average Bonchev–Trinajstić information content (AvgIpc) is 3.22. The maximum absolute atomic E-state index is 12.2. The fourth-order valence-corrected chi connectivity index (χ4v) is 3.28. The molecule has 0 amide bonds. The van der Waals surface area contributed by atoms with E-state index in [2.05, 4.69) is 19.6 Å². The summed E-state index contributed by atoms with van der Waals surface area (Å²) in [5.74, 6) is -2.69. The van der Waals surface area contributed by atoms with E-state index < -0.39 is 29.8 Å². The number of rotatable bonds is 2. The largest absolute Gasteiger partial charge is 0.481 e. The number of ether oxygens (including phenoxy) is 1. The van der Waals surface area contributed by atoms with E-state index in [9.17, 15) is 31.4 Å². The highest BCUT2D eigenvalue weighted by Gasteiger charge is 2.43. The van der Waals surface area contributed by atoms with Crippen molar-refractivity contribution in [3.63, 3.8) is 0 Å². The third kappa shape index (κ3) is 5.94. The molecule has 28 heavy (non-hydrogen) atoms. The van der Waals surface area contributed by atoms with Gasteiger partial charge in [-0.2, -0.15) is 31.3 Å². The zero-order valence-electron chi connectivity index (χ0n) is 16.0. The van der Waals surface area contributed by atoms with Crippen LogP contribution in [0.25, 0.3) is 0 Å². The van der Waals surface area contributed by atoms with Crippen LogP contribution in [0.2, 0.25) is 0 Å². The molecule has 0 radical (unpaired) electrons. The van der Waals surface area contributed by atoms with Crippen LogP contribution in [0, 0.1) is 0 Å². The van der Waals surface area contributed by atoms with Crippen LogP contribution >= 0.6 is 0 Å². The van der Waals surface area contributed by atoms with Crippen LogP contribution < -0.4 is 4.74 Å². The van der Waals surface area contributed by atoms with Gasteiger partial charge in [-0.25, -0.2) is 4.98 Å². The van der Waals surface area contributed by atoms with Crippen molar-refractivity contribution in [1.82, 2.24) is 14.9 Å². The van der Waals surface area contributed by atoms with Crippen LogP contribution in [0.4, 0.5) is 26.3 Å². The molecule has 0 spiro atoms. The molecule has 1 N–H and O–H groups in total. The molecule has 3 rings (SSSR count). The van der Waals surface area contributed by atoms with Gasteiger partial charge in [0.25, 0.3) is 0 Å². The standard InChI is InChI=1S/C8H15NO.C7H4F6N2O.C2H6/c10-7-8-3-1-5-9(8)6-2-4-8;1-16-4-2-3(6(8,9)10)14-5(15-4)7(11,12)13;1-2/h10H,1-7H2;2H,1H3;1-2H3. The lowest BCUT2D eigenvalue weighted by Gasteiger charge is -2.29. The topological polar surface area (TPSA) is 58.5 Å². The molecular weight excluding hydrogens is 392 g/mol. The summed E-state index contributed by atoms with van der Waals surface area (Å²) in [5, 5.41) is 9.19. The maximum Gasteiger partial charge on any atom is 0.451 e. The number of aliphatic hydroxyl groups is 1. The van der Waals surface area contributed by atoms with Gasteiger partial charge in [-0.15, -0.1) is 0 Å². The van der Waals surface area contributed by atoms with E-state index in [1.807, 2.05) is 13.8 Å². The van der Waals surface area contributed by atoms with Crippen LogP contribution in [0.15, 0.2) is 6.07 Å². The second kappa shape index (κ2) is 9.73. The number of methoxy groups -OCH3 is 1. The van der Waals surface area contributed by atoms with Gasteiger partial charge in [0.1, 0.15) is 0 Å². The summed E-state index contributed by atoms with van der Waals surface area (Å²) >= 11 is 0. The highest BCUT2D eigenvalue weighted by Crippen LogP contribution is 2.38. The summed E-state index contributed by atoms with van der Waals surface area (Å²) in [6.07, 6.45) is -5.02. The van der Waals surface area contributed by atoms with Crippen LogP contribution in [-0.4, -0.2) is 52.3 Å². The Morgan fingerprint density at radius 2 is 1.57 bits per heavy atom. The van der Waals surface area contributed by atoms with E-state index in [4.69, 9.17) is 0 Å². The van der Waals surface area contributed by atoms with E-state index >= 15 is 0 Å². The van der Waals surface area contributed by atoms with Gasteiger partial charge in [0, 0.05) is 11.6 Å². The van der Waals surface area contributed by atoms with Gasteiger partial charge in [0.2, 0.25) is 11.7 Å². The monoisotopic (exact) mass is 417 g/mol. The Labute approximate surface area is 159 Å². The summed E-state index contributed by atoms with van der Waals surface area (Å²) < 4.78 is 77.1. The summed E-state index contributed by atoms with van der Waals surface area (Å²) in [5.41, 5.74) is -1.47. The SMILES string of the molecule is CC.COc1cc(C(F)(F)F)nc(C(F)(F)F)n1.OCC12CCCN1CCC2. The minimum absolute atomic E-state index is 0.236. The fourth-order valence-electron chi connectivity index (χ4n) is 3.28. The third-order valence-corrected chi connectivity index (χ3v) is 4.56. The third-order valence-electron chi connectivity index (χ3n) is 4.56. The molecule has 11 heteroatoms. The Bertz CT molecular complexity index is 580. The molecular formula is C17H25F6N3O2. The normalized spacial score (nSPS) is 18.5. The maximum atomic E-state index is 12.2. The molecule has 3 heterocycles. The van der Waals surface area contributed by atoms with Crippen molar-refractivity contribution in [3.8, 4) is 5.88 Å². The minimum Gasteiger partial charge on any atom is -0.481 e. The molecule has 0 aliphatic carbocycles. The van der Waals surface area contributed by atoms with Gasteiger partial charge < -0.3 is 9.84 Å². The average molecular weight is 417 g/mol. The predicted molar refractivity (Wildman–Crippen MR) is 89.8 cm³/mol.